The number of anilines is 1. The number of rotatable bonds is 3. The predicted octanol–water partition coefficient (Wildman–Crippen LogP) is 3.16. The topological polar surface area (TPSA) is 117 Å². The number of phenols is 2. The third-order valence-corrected chi connectivity index (χ3v) is 5.44. The molecule has 0 bridgehead atoms. The molecule has 0 saturated heterocycles. The molecule has 0 unspecified atom stereocenters. The lowest BCUT2D eigenvalue weighted by Crippen LogP contribution is -2.13. The normalized spacial score (nSPS) is 11.7. The molecule has 0 fully saturated rings. The highest BCUT2D eigenvalue weighted by atomic mass is 32.2. The van der Waals surface area contributed by atoms with Gasteiger partial charge in [-0.05, 0) is 30.3 Å². The van der Waals surface area contributed by atoms with E-state index in [9.17, 15) is 23.4 Å². The van der Waals surface area contributed by atoms with Crippen LogP contribution in [0.15, 0.2) is 74.8 Å². The molecule has 0 saturated carbocycles. The first-order chi connectivity index (χ1) is 12.8. The monoisotopic (exact) mass is 383 g/mol. The standard InChI is InChI=1S/C19H13NO6S/c21-12-9-15(22)18-17(10-12)26-16-7-6-11(8-14(16)19(18)23)20-27(24,25)13-4-2-1-3-5-13/h1-10,20-22H. The lowest BCUT2D eigenvalue weighted by Gasteiger charge is -2.09. The molecule has 0 aliphatic rings. The zero-order valence-electron chi connectivity index (χ0n) is 13.7. The summed E-state index contributed by atoms with van der Waals surface area (Å²) < 4.78 is 32.9. The average Bonchev–Trinajstić information content (AvgIpc) is 2.62. The highest BCUT2D eigenvalue weighted by Crippen LogP contribution is 2.30. The van der Waals surface area contributed by atoms with Crippen molar-refractivity contribution in [1.82, 2.24) is 0 Å². The molecule has 3 aromatic carbocycles. The molecule has 0 spiro atoms. The third-order valence-electron chi connectivity index (χ3n) is 4.04. The van der Waals surface area contributed by atoms with Crippen molar-refractivity contribution in [1.29, 1.82) is 0 Å². The number of hydrogen-bond acceptors (Lipinski definition) is 6. The van der Waals surface area contributed by atoms with Crippen molar-refractivity contribution in [3.8, 4) is 11.5 Å². The van der Waals surface area contributed by atoms with Gasteiger partial charge in [0.2, 0.25) is 5.43 Å². The number of phenolic OH excluding ortho intramolecular Hbond substituents is 2. The van der Waals surface area contributed by atoms with Crippen molar-refractivity contribution in [2.75, 3.05) is 4.72 Å². The Morgan fingerprint density at radius 1 is 0.889 bits per heavy atom. The fourth-order valence-electron chi connectivity index (χ4n) is 2.82. The Bertz CT molecular complexity index is 1340. The highest BCUT2D eigenvalue weighted by Gasteiger charge is 2.16. The van der Waals surface area contributed by atoms with Gasteiger partial charge in [-0.25, -0.2) is 8.42 Å². The Hall–Kier alpha value is -3.52. The summed E-state index contributed by atoms with van der Waals surface area (Å²) in [6, 6.07) is 14.3. The SMILES string of the molecule is O=c1c2cc(NS(=O)(=O)c3ccccc3)ccc2oc2cc(O)cc(O)c12. The van der Waals surface area contributed by atoms with Crippen LogP contribution in [-0.2, 0) is 10.0 Å². The van der Waals surface area contributed by atoms with Crippen LogP contribution in [0.1, 0.15) is 0 Å². The Balaban J connectivity index is 1.86. The minimum atomic E-state index is -3.82. The van der Waals surface area contributed by atoms with Crippen LogP contribution in [0.25, 0.3) is 21.9 Å². The Morgan fingerprint density at radius 3 is 2.37 bits per heavy atom. The number of benzene rings is 3. The van der Waals surface area contributed by atoms with E-state index in [1.54, 1.807) is 18.2 Å². The maximum Gasteiger partial charge on any atom is 0.261 e. The van der Waals surface area contributed by atoms with E-state index in [4.69, 9.17) is 4.42 Å². The quantitative estimate of drug-likeness (QED) is 0.468. The van der Waals surface area contributed by atoms with Gasteiger partial charge in [0.05, 0.1) is 10.3 Å². The lowest BCUT2D eigenvalue weighted by molar-refractivity contribution is 0.453. The van der Waals surface area contributed by atoms with Crippen LogP contribution in [0.5, 0.6) is 11.5 Å². The second kappa shape index (κ2) is 6.03. The highest BCUT2D eigenvalue weighted by molar-refractivity contribution is 7.92. The van der Waals surface area contributed by atoms with Crippen molar-refractivity contribution >= 4 is 37.6 Å². The number of nitrogens with one attached hydrogen (secondary N) is 1. The first-order valence-electron chi connectivity index (χ1n) is 7.85. The molecule has 136 valence electrons. The van der Waals surface area contributed by atoms with Gasteiger partial charge in [0, 0.05) is 17.8 Å². The van der Waals surface area contributed by atoms with Gasteiger partial charge in [-0.3, -0.25) is 9.52 Å². The largest absolute Gasteiger partial charge is 0.508 e. The van der Waals surface area contributed by atoms with E-state index >= 15 is 0 Å². The lowest BCUT2D eigenvalue weighted by atomic mass is 10.1. The molecule has 0 amide bonds. The summed E-state index contributed by atoms with van der Waals surface area (Å²) in [5.41, 5.74) is -0.136. The minimum absolute atomic E-state index is 0.0302. The fraction of sp³-hybridized carbons (Fsp3) is 0. The molecule has 0 aliphatic heterocycles. The van der Waals surface area contributed by atoms with Crippen LogP contribution in [-0.4, -0.2) is 18.6 Å². The van der Waals surface area contributed by atoms with Gasteiger partial charge in [0.1, 0.15) is 28.1 Å². The Morgan fingerprint density at radius 2 is 1.63 bits per heavy atom. The summed E-state index contributed by atoms with van der Waals surface area (Å²) in [4.78, 5) is 12.8. The van der Waals surface area contributed by atoms with E-state index < -0.39 is 21.2 Å². The number of fused-ring (bicyclic) bond motifs is 2. The average molecular weight is 383 g/mol. The van der Waals surface area contributed by atoms with E-state index in [0.29, 0.717) is 0 Å². The van der Waals surface area contributed by atoms with Crippen molar-refractivity contribution in [3.63, 3.8) is 0 Å². The number of sulfonamides is 1. The van der Waals surface area contributed by atoms with Gasteiger partial charge in [-0.2, -0.15) is 0 Å². The second-order valence-electron chi connectivity index (χ2n) is 5.90. The molecular weight excluding hydrogens is 370 g/mol. The molecule has 0 aliphatic carbocycles. The summed E-state index contributed by atoms with van der Waals surface area (Å²) in [5.74, 6) is -0.661. The first kappa shape index (κ1) is 16.9. The van der Waals surface area contributed by atoms with Crippen LogP contribution in [0, 0.1) is 0 Å². The van der Waals surface area contributed by atoms with Crippen LogP contribution < -0.4 is 10.2 Å². The summed E-state index contributed by atoms with van der Waals surface area (Å²) in [6.07, 6.45) is 0. The van der Waals surface area contributed by atoms with Crippen molar-refractivity contribution in [2.24, 2.45) is 0 Å². The van der Waals surface area contributed by atoms with Crippen LogP contribution >= 0.6 is 0 Å². The maximum absolute atomic E-state index is 12.7. The molecular formula is C19H13NO6S. The molecule has 4 aromatic rings. The Kier molecular flexibility index (Phi) is 3.78. The zero-order chi connectivity index (χ0) is 19.2. The van der Waals surface area contributed by atoms with Crippen LogP contribution in [0.3, 0.4) is 0 Å². The van der Waals surface area contributed by atoms with E-state index in [2.05, 4.69) is 4.72 Å². The summed E-state index contributed by atoms with van der Waals surface area (Å²) >= 11 is 0. The van der Waals surface area contributed by atoms with Gasteiger partial charge < -0.3 is 14.6 Å². The minimum Gasteiger partial charge on any atom is -0.508 e. The van der Waals surface area contributed by atoms with E-state index in [1.807, 2.05) is 0 Å². The summed E-state index contributed by atoms with van der Waals surface area (Å²) in [7, 11) is -3.82. The van der Waals surface area contributed by atoms with Gasteiger partial charge in [0.15, 0.2) is 0 Å². The molecule has 27 heavy (non-hydrogen) atoms. The van der Waals surface area contributed by atoms with Crippen LogP contribution in [0.2, 0.25) is 0 Å². The van der Waals surface area contributed by atoms with Gasteiger partial charge in [0.25, 0.3) is 10.0 Å². The second-order valence-corrected chi connectivity index (χ2v) is 7.58. The third kappa shape index (κ3) is 2.96. The smallest absolute Gasteiger partial charge is 0.261 e. The van der Waals surface area contributed by atoms with Crippen molar-refractivity contribution < 1.29 is 23.0 Å². The number of hydrogen-bond donors (Lipinski definition) is 3. The van der Waals surface area contributed by atoms with E-state index in [0.717, 1.165) is 6.07 Å². The summed E-state index contributed by atoms with van der Waals surface area (Å²) in [6.45, 7) is 0. The maximum atomic E-state index is 12.7. The molecule has 0 atom stereocenters. The Labute approximate surface area is 153 Å². The molecule has 1 aromatic heterocycles. The van der Waals surface area contributed by atoms with E-state index in [-0.39, 0.29) is 38.3 Å². The number of aromatic hydroxyl groups is 2. The molecule has 1 heterocycles. The van der Waals surface area contributed by atoms with Crippen LogP contribution in [0.4, 0.5) is 5.69 Å². The predicted molar refractivity (Wildman–Crippen MR) is 101 cm³/mol. The van der Waals surface area contributed by atoms with Gasteiger partial charge in [-0.1, -0.05) is 18.2 Å². The first-order valence-corrected chi connectivity index (χ1v) is 9.34. The summed E-state index contributed by atoms with van der Waals surface area (Å²) in [5, 5.41) is 19.5. The fourth-order valence-corrected chi connectivity index (χ4v) is 3.89. The molecule has 4 rings (SSSR count). The van der Waals surface area contributed by atoms with Gasteiger partial charge >= 0.3 is 0 Å². The molecule has 8 heteroatoms. The molecule has 7 nitrogen and oxygen atoms in total. The van der Waals surface area contributed by atoms with Gasteiger partial charge in [-0.15, -0.1) is 0 Å². The zero-order valence-corrected chi connectivity index (χ0v) is 14.5. The van der Waals surface area contributed by atoms with Crippen molar-refractivity contribution in [2.45, 2.75) is 4.90 Å². The molecule has 3 N–H and O–H groups in total. The van der Waals surface area contributed by atoms with E-state index in [1.165, 1.54) is 36.4 Å². The van der Waals surface area contributed by atoms with Crippen molar-refractivity contribution in [3.05, 3.63) is 70.9 Å². The molecule has 0 radical (unpaired) electrons.